The van der Waals surface area contributed by atoms with Crippen LogP contribution in [0.1, 0.15) is 33.1 Å². The van der Waals surface area contributed by atoms with E-state index in [1.807, 2.05) is 0 Å². The van der Waals surface area contributed by atoms with Gasteiger partial charge < -0.3 is 0 Å². The summed E-state index contributed by atoms with van der Waals surface area (Å²) >= 11 is 0. The predicted octanol–water partition coefficient (Wildman–Crippen LogP) is 4.42. The van der Waals surface area contributed by atoms with E-state index in [0.29, 0.717) is 0 Å². The van der Waals surface area contributed by atoms with Gasteiger partial charge in [0.05, 0.1) is 0 Å². The SMILES string of the molecule is C/C=C/CC/C=C/C=C/C=C/CC. The Kier molecular flexibility index (Phi) is 10.1. The van der Waals surface area contributed by atoms with Crippen LogP contribution in [0, 0.1) is 0 Å². The highest BCUT2D eigenvalue weighted by Crippen LogP contribution is 1.93. The molecule has 0 aromatic carbocycles. The van der Waals surface area contributed by atoms with Crippen molar-refractivity contribution >= 4 is 0 Å². The maximum atomic E-state index is 2.19. The molecule has 0 heteroatoms. The number of rotatable bonds is 6. The number of hydrogen-bond acceptors (Lipinski definition) is 0. The van der Waals surface area contributed by atoms with Gasteiger partial charge in [-0.1, -0.05) is 55.5 Å². The van der Waals surface area contributed by atoms with Crippen molar-refractivity contribution in [2.24, 2.45) is 0 Å². The smallest absolute Gasteiger partial charge is 0.0313 e. The summed E-state index contributed by atoms with van der Waals surface area (Å²) in [7, 11) is 0. The molecule has 0 unspecified atom stereocenters. The van der Waals surface area contributed by atoms with Crippen molar-refractivity contribution in [1.82, 2.24) is 0 Å². The second-order valence-electron chi connectivity index (χ2n) is 2.80. The maximum absolute atomic E-state index is 2.19. The van der Waals surface area contributed by atoms with E-state index in [1.54, 1.807) is 0 Å². The van der Waals surface area contributed by atoms with Crippen LogP contribution in [0.4, 0.5) is 0 Å². The van der Waals surface area contributed by atoms with Gasteiger partial charge >= 0.3 is 0 Å². The highest BCUT2D eigenvalue weighted by Gasteiger charge is 1.72. The Balaban J connectivity index is 3.40. The van der Waals surface area contributed by atoms with Gasteiger partial charge in [0.1, 0.15) is 0 Å². The van der Waals surface area contributed by atoms with Gasteiger partial charge in [-0.15, -0.1) is 0 Å². The third-order valence-electron chi connectivity index (χ3n) is 1.58. The molecule has 0 radical (unpaired) electrons. The Morgan fingerprint density at radius 3 is 2.00 bits per heavy atom. The standard InChI is InChI=1S/C13H20/c1-3-5-7-9-11-13-12-10-8-6-4-2/h3,5-6,8,10-13H,4,7,9H2,1-2H3/b5-3+,8-6+,12-10+,13-11+. The molecule has 0 aliphatic carbocycles. The van der Waals surface area contributed by atoms with E-state index >= 15 is 0 Å². The molecule has 13 heavy (non-hydrogen) atoms. The summed E-state index contributed by atoms with van der Waals surface area (Å²) in [5, 5.41) is 0. The largest absolute Gasteiger partial charge is 0.0917 e. The predicted molar refractivity (Wildman–Crippen MR) is 61.8 cm³/mol. The molecule has 72 valence electrons. The molecule has 0 N–H and O–H groups in total. The van der Waals surface area contributed by atoms with E-state index in [2.05, 4.69) is 62.5 Å². The van der Waals surface area contributed by atoms with E-state index in [9.17, 15) is 0 Å². The monoisotopic (exact) mass is 176 g/mol. The molecule has 0 aromatic rings. The summed E-state index contributed by atoms with van der Waals surface area (Å²) in [4.78, 5) is 0. The number of hydrogen-bond donors (Lipinski definition) is 0. The van der Waals surface area contributed by atoms with Crippen LogP contribution >= 0.6 is 0 Å². The van der Waals surface area contributed by atoms with Crippen molar-refractivity contribution < 1.29 is 0 Å². The minimum absolute atomic E-state index is 1.11. The van der Waals surface area contributed by atoms with E-state index in [0.717, 1.165) is 19.3 Å². The molecular formula is C13H20. The molecule has 0 fully saturated rings. The normalized spacial score (nSPS) is 13.1. The van der Waals surface area contributed by atoms with Crippen LogP contribution in [-0.4, -0.2) is 0 Å². The van der Waals surface area contributed by atoms with Crippen molar-refractivity contribution in [1.29, 1.82) is 0 Å². The van der Waals surface area contributed by atoms with Crippen LogP contribution in [0.25, 0.3) is 0 Å². The average molecular weight is 176 g/mol. The molecule has 0 nitrogen and oxygen atoms in total. The lowest BCUT2D eigenvalue weighted by molar-refractivity contribution is 1.05. The van der Waals surface area contributed by atoms with Crippen molar-refractivity contribution in [3.8, 4) is 0 Å². The van der Waals surface area contributed by atoms with E-state index in [4.69, 9.17) is 0 Å². The first-order chi connectivity index (χ1) is 6.41. The lowest BCUT2D eigenvalue weighted by Gasteiger charge is -1.82. The zero-order chi connectivity index (χ0) is 9.78. The number of allylic oxidation sites excluding steroid dienone is 8. The summed E-state index contributed by atoms with van der Waals surface area (Å²) in [6.07, 6.45) is 20.3. The van der Waals surface area contributed by atoms with Crippen molar-refractivity contribution in [3.05, 3.63) is 48.6 Å². The molecule has 0 heterocycles. The van der Waals surface area contributed by atoms with Crippen LogP contribution in [0.2, 0.25) is 0 Å². The third kappa shape index (κ3) is 11.0. The highest BCUT2D eigenvalue weighted by atomic mass is 13.8. The van der Waals surface area contributed by atoms with Crippen molar-refractivity contribution in [2.45, 2.75) is 33.1 Å². The summed E-state index contributed by atoms with van der Waals surface area (Å²) < 4.78 is 0. The Morgan fingerprint density at radius 2 is 1.38 bits per heavy atom. The van der Waals surface area contributed by atoms with E-state index in [1.165, 1.54) is 0 Å². The molecule has 0 aliphatic heterocycles. The van der Waals surface area contributed by atoms with Crippen LogP contribution in [0.3, 0.4) is 0 Å². The van der Waals surface area contributed by atoms with Gasteiger partial charge in [0, 0.05) is 0 Å². The molecular weight excluding hydrogens is 156 g/mol. The second kappa shape index (κ2) is 11.0. The van der Waals surface area contributed by atoms with Crippen LogP contribution in [0.5, 0.6) is 0 Å². The molecule has 0 atom stereocenters. The van der Waals surface area contributed by atoms with Crippen LogP contribution < -0.4 is 0 Å². The lowest BCUT2D eigenvalue weighted by atomic mass is 10.2. The average Bonchev–Trinajstić information content (AvgIpc) is 2.16. The Bertz CT molecular complexity index is 192. The molecule has 0 aliphatic rings. The first-order valence-corrected chi connectivity index (χ1v) is 5.01. The fourth-order valence-corrected chi connectivity index (χ4v) is 0.877. The lowest BCUT2D eigenvalue weighted by Crippen LogP contribution is -1.62. The fraction of sp³-hybridized carbons (Fsp3) is 0.385. The van der Waals surface area contributed by atoms with Gasteiger partial charge in [0.2, 0.25) is 0 Å². The quantitative estimate of drug-likeness (QED) is 0.319. The molecule has 0 aromatic heterocycles. The topological polar surface area (TPSA) is 0 Å². The zero-order valence-electron chi connectivity index (χ0n) is 8.74. The maximum Gasteiger partial charge on any atom is -0.0313 e. The third-order valence-corrected chi connectivity index (χ3v) is 1.58. The van der Waals surface area contributed by atoms with E-state index < -0.39 is 0 Å². The Labute approximate surface area is 82.4 Å². The molecule has 0 saturated carbocycles. The summed E-state index contributed by atoms with van der Waals surface area (Å²) in [5.74, 6) is 0. The zero-order valence-corrected chi connectivity index (χ0v) is 8.74. The minimum Gasteiger partial charge on any atom is -0.0917 e. The molecule has 0 spiro atoms. The first kappa shape index (κ1) is 12.0. The van der Waals surface area contributed by atoms with Crippen molar-refractivity contribution in [3.63, 3.8) is 0 Å². The highest BCUT2D eigenvalue weighted by molar-refractivity contribution is 5.10. The van der Waals surface area contributed by atoms with E-state index in [-0.39, 0.29) is 0 Å². The molecule has 0 saturated heterocycles. The van der Waals surface area contributed by atoms with Gasteiger partial charge in [-0.05, 0) is 26.2 Å². The number of unbranched alkanes of at least 4 members (excludes halogenated alkanes) is 1. The summed E-state index contributed by atoms with van der Waals surface area (Å²) in [6.45, 7) is 4.19. The van der Waals surface area contributed by atoms with Crippen molar-refractivity contribution in [2.75, 3.05) is 0 Å². The van der Waals surface area contributed by atoms with Gasteiger partial charge in [-0.25, -0.2) is 0 Å². The van der Waals surface area contributed by atoms with Crippen LogP contribution in [0.15, 0.2) is 48.6 Å². The summed E-state index contributed by atoms with van der Waals surface area (Å²) in [5.41, 5.74) is 0. The van der Waals surface area contributed by atoms with Gasteiger partial charge in [-0.3, -0.25) is 0 Å². The Morgan fingerprint density at radius 1 is 0.769 bits per heavy atom. The van der Waals surface area contributed by atoms with Gasteiger partial charge in [0.15, 0.2) is 0 Å². The van der Waals surface area contributed by atoms with Crippen LogP contribution in [-0.2, 0) is 0 Å². The molecule has 0 rings (SSSR count). The van der Waals surface area contributed by atoms with Gasteiger partial charge in [-0.2, -0.15) is 0 Å². The minimum atomic E-state index is 1.11. The second-order valence-corrected chi connectivity index (χ2v) is 2.80. The first-order valence-electron chi connectivity index (χ1n) is 5.01. The van der Waals surface area contributed by atoms with Gasteiger partial charge in [0.25, 0.3) is 0 Å². The fourth-order valence-electron chi connectivity index (χ4n) is 0.877. The molecule has 0 bridgehead atoms. The molecule has 0 amide bonds. The Hall–Kier alpha value is -1.04. The summed E-state index contributed by atoms with van der Waals surface area (Å²) in [6, 6.07) is 0.